The molecule has 0 radical (unpaired) electrons. The molecule has 4 heteroatoms. The lowest BCUT2D eigenvalue weighted by Gasteiger charge is -2.42. The molecule has 0 spiro atoms. The molecule has 3 rings (SSSR count). The molecule has 0 aromatic carbocycles. The second-order valence-electron chi connectivity index (χ2n) is 6.67. The number of aliphatic hydroxyl groups is 1. The van der Waals surface area contributed by atoms with Crippen molar-refractivity contribution >= 4 is 11.3 Å². The molecular formula is C17H28N2OS. The Labute approximate surface area is 132 Å². The maximum absolute atomic E-state index is 10.2. The van der Waals surface area contributed by atoms with E-state index in [1.54, 1.807) is 11.3 Å². The predicted molar refractivity (Wildman–Crippen MR) is 88.7 cm³/mol. The van der Waals surface area contributed by atoms with Crippen molar-refractivity contribution in [3.63, 3.8) is 0 Å². The first kappa shape index (κ1) is 15.5. The van der Waals surface area contributed by atoms with Crippen LogP contribution in [0.3, 0.4) is 0 Å². The van der Waals surface area contributed by atoms with Gasteiger partial charge in [-0.05, 0) is 55.0 Å². The molecule has 1 saturated carbocycles. The van der Waals surface area contributed by atoms with E-state index in [4.69, 9.17) is 0 Å². The second kappa shape index (κ2) is 7.23. The summed E-state index contributed by atoms with van der Waals surface area (Å²) in [6.07, 6.45) is 6.99. The zero-order chi connectivity index (χ0) is 14.7. The first-order chi connectivity index (χ1) is 10.2. The van der Waals surface area contributed by atoms with Gasteiger partial charge in [0.05, 0.1) is 6.10 Å². The average molecular weight is 308 g/mol. The standard InChI is InChI=1S/C17H28N2OS/c1-13(14-8-11-21-12-14)18-15-6-9-19(10-7-15)16-4-2-3-5-17(16)20/h8,11-13,15-18,20H,2-7,9-10H2,1H3/t13-,16-,17-/m0/s1. The van der Waals surface area contributed by atoms with Gasteiger partial charge in [0.25, 0.3) is 0 Å². The zero-order valence-corrected chi connectivity index (χ0v) is 13.8. The van der Waals surface area contributed by atoms with Crippen molar-refractivity contribution in [3.8, 4) is 0 Å². The molecule has 1 aromatic rings. The smallest absolute Gasteiger partial charge is 0.0695 e. The highest BCUT2D eigenvalue weighted by molar-refractivity contribution is 7.07. The van der Waals surface area contributed by atoms with Gasteiger partial charge < -0.3 is 10.4 Å². The summed E-state index contributed by atoms with van der Waals surface area (Å²) in [5.74, 6) is 0. The van der Waals surface area contributed by atoms with Gasteiger partial charge in [0, 0.05) is 31.2 Å². The predicted octanol–water partition coefficient (Wildman–Crippen LogP) is 3.17. The first-order valence-electron chi connectivity index (χ1n) is 8.44. The van der Waals surface area contributed by atoms with Crippen LogP contribution in [0, 0.1) is 0 Å². The Kier molecular flexibility index (Phi) is 5.33. The SMILES string of the molecule is C[C@H](NC1CCN([C@H]2CCCC[C@@H]2O)CC1)c1ccsc1. The van der Waals surface area contributed by atoms with Crippen LogP contribution in [0.4, 0.5) is 0 Å². The molecule has 2 N–H and O–H groups in total. The number of hydrogen-bond acceptors (Lipinski definition) is 4. The molecule has 0 unspecified atom stereocenters. The summed E-state index contributed by atoms with van der Waals surface area (Å²) in [6, 6.07) is 3.72. The van der Waals surface area contributed by atoms with Gasteiger partial charge in [-0.3, -0.25) is 4.90 Å². The molecule has 2 heterocycles. The van der Waals surface area contributed by atoms with Crippen LogP contribution in [0.25, 0.3) is 0 Å². The Morgan fingerprint density at radius 2 is 2.00 bits per heavy atom. The lowest BCUT2D eigenvalue weighted by atomic mass is 9.89. The van der Waals surface area contributed by atoms with Gasteiger partial charge in [0.15, 0.2) is 0 Å². The van der Waals surface area contributed by atoms with Gasteiger partial charge in [0.2, 0.25) is 0 Å². The number of likely N-dealkylation sites (tertiary alicyclic amines) is 1. The molecule has 1 aliphatic carbocycles. The quantitative estimate of drug-likeness (QED) is 0.897. The summed E-state index contributed by atoms with van der Waals surface area (Å²) in [4.78, 5) is 2.54. The largest absolute Gasteiger partial charge is 0.391 e. The minimum atomic E-state index is -0.0898. The Hall–Kier alpha value is -0.420. The fourth-order valence-corrected chi connectivity index (χ4v) is 4.64. The van der Waals surface area contributed by atoms with Crippen molar-refractivity contribution in [2.24, 2.45) is 0 Å². The molecule has 2 fully saturated rings. The van der Waals surface area contributed by atoms with Crippen LogP contribution in [0.5, 0.6) is 0 Å². The van der Waals surface area contributed by atoms with Gasteiger partial charge in [0.1, 0.15) is 0 Å². The van der Waals surface area contributed by atoms with Crippen molar-refractivity contribution in [3.05, 3.63) is 22.4 Å². The third kappa shape index (κ3) is 3.86. The highest BCUT2D eigenvalue weighted by Gasteiger charge is 2.31. The lowest BCUT2D eigenvalue weighted by Crippen LogP contribution is -2.51. The summed E-state index contributed by atoms with van der Waals surface area (Å²) < 4.78 is 0. The van der Waals surface area contributed by atoms with Crippen LogP contribution in [0.15, 0.2) is 16.8 Å². The topological polar surface area (TPSA) is 35.5 Å². The van der Waals surface area contributed by atoms with Crippen LogP contribution in [0.1, 0.15) is 57.1 Å². The fourth-order valence-electron chi connectivity index (χ4n) is 3.89. The molecule has 21 heavy (non-hydrogen) atoms. The number of aliphatic hydroxyl groups excluding tert-OH is 1. The highest BCUT2D eigenvalue weighted by atomic mass is 32.1. The monoisotopic (exact) mass is 308 g/mol. The van der Waals surface area contributed by atoms with Crippen molar-refractivity contribution < 1.29 is 5.11 Å². The minimum absolute atomic E-state index is 0.0898. The number of hydrogen-bond donors (Lipinski definition) is 2. The van der Waals surface area contributed by atoms with Crippen LogP contribution < -0.4 is 5.32 Å². The maximum atomic E-state index is 10.2. The second-order valence-corrected chi connectivity index (χ2v) is 7.45. The Balaban J connectivity index is 1.46. The van der Waals surface area contributed by atoms with E-state index >= 15 is 0 Å². The van der Waals surface area contributed by atoms with Crippen molar-refractivity contribution in [1.29, 1.82) is 0 Å². The number of nitrogens with zero attached hydrogens (tertiary/aromatic N) is 1. The van der Waals surface area contributed by atoms with Crippen molar-refractivity contribution in [2.75, 3.05) is 13.1 Å². The van der Waals surface area contributed by atoms with Crippen LogP contribution >= 0.6 is 11.3 Å². The third-order valence-electron chi connectivity index (χ3n) is 5.22. The normalized spacial score (nSPS) is 30.4. The number of nitrogens with one attached hydrogen (secondary N) is 1. The molecule has 1 saturated heterocycles. The highest BCUT2D eigenvalue weighted by Crippen LogP contribution is 2.26. The molecule has 2 aliphatic rings. The first-order valence-corrected chi connectivity index (χ1v) is 9.38. The number of piperidine rings is 1. The van der Waals surface area contributed by atoms with E-state index < -0.39 is 0 Å². The van der Waals surface area contributed by atoms with E-state index in [1.165, 1.54) is 37.7 Å². The summed E-state index contributed by atoms with van der Waals surface area (Å²) in [5, 5.41) is 18.4. The van der Waals surface area contributed by atoms with Crippen LogP contribution in [0.2, 0.25) is 0 Å². The molecular weight excluding hydrogens is 280 g/mol. The van der Waals surface area contributed by atoms with Gasteiger partial charge in [-0.15, -0.1) is 0 Å². The van der Waals surface area contributed by atoms with Crippen LogP contribution in [-0.2, 0) is 0 Å². The van der Waals surface area contributed by atoms with E-state index in [2.05, 4.69) is 34.0 Å². The van der Waals surface area contributed by atoms with E-state index in [1.807, 2.05) is 0 Å². The Morgan fingerprint density at radius 1 is 1.24 bits per heavy atom. The van der Waals surface area contributed by atoms with Crippen molar-refractivity contribution in [1.82, 2.24) is 10.2 Å². The minimum Gasteiger partial charge on any atom is -0.391 e. The average Bonchev–Trinajstić information content (AvgIpc) is 3.03. The third-order valence-corrected chi connectivity index (χ3v) is 5.92. The number of thiophene rings is 1. The van der Waals surface area contributed by atoms with E-state index in [-0.39, 0.29) is 6.10 Å². The van der Waals surface area contributed by atoms with Gasteiger partial charge >= 0.3 is 0 Å². The molecule has 1 aliphatic heterocycles. The maximum Gasteiger partial charge on any atom is 0.0695 e. The molecule has 118 valence electrons. The van der Waals surface area contributed by atoms with Gasteiger partial charge in [-0.25, -0.2) is 0 Å². The van der Waals surface area contributed by atoms with E-state index in [0.29, 0.717) is 18.1 Å². The van der Waals surface area contributed by atoms with E-state index in [9.17, 15) is 5.11 Å². The van der Waals surface area contributed by atoms with Crippen LogP contribution in [-0.4, -0.2) is 41.3 Å². The van der Waals surface area contributed by atoms with Gasteiger partial charge in [-0.1, -0.05) is 12.8 Å². The lowest BCUT2D eigenvalue weighted by molar-refractivity contribution is 0.00671. The fraction of sp³-hybridized carbons (Fsp3) is 0.765. The molecule has 0 amide bonds. The summed E-state index contributed by atoms with van der Waals surface area (Å²) >= 11 is 1.77. The molecule has 1 aromatic heterocycles. The van der Waals surface area contributed by atoms with Gasteiger partial charge in [-0.2, -0.15) is 11.3 Å². The summed E-state index contributed by atoms with van der Waals surface area (Å²) in [6.45, 7) is 4.53. The Bertz CT molecular complexity index is 414. The number of rotatable bonds is 4. The zero-order valence-electron chi connectivity index (χ0n) is 13.0. The molecule has 3 nitrogen and oxygen atoms in total. The Morgan fingerprint density at radius 3 is 2.67 bits per heavy atom. The summed E-state index contributed by atoms with van der Waals surface area (Å²) in [5.41, 5.74) is 1.41. The summed E-state index contributed by atoms with van der Waals surface area (Å²) in [7, 11) is 0. The van der Waals surface area contributed by atoms with Crippen molar-refractivity contribution in [2.45, 2.75) is 69.7 Å². The molecule has 3 atom stereocenters. The molecule has 0 bridgehead atoms. The van der Waals surface area contributed by atoms with E-state index in [0.717, 1.165) is 19.5 Å².